The van der Waals surface area contributed by atoms with Crippen LogP contribution in [0.25, 0.3) is 0 Å². The zero-order valence-electron chi connectivity index (χ0n) is 47.1. The molecule has 19 heteroatoms. The van der Waals surface area contributed by atoms with Gasteiger partial charge in [-0.05, 0) is 98.9 Å². The van der Waals surface area contributed by atoms with Gasteiger partial charge in [0.2, 0.25) is 24.0 Å². The topological polar surface area (TPSA) is 239 Å². The first kappa shape index (κ1) is 62.0. The molecule has 1 aliphatic heterocycles. The van der Waals surface area contributed by atoms with Crippen LogP contribution >= 0.6 is 11.8 Å². The molecule has 5 aromatic rings. The number of primary amides is 1. The Morgan fingerprint density at radius 2 is 1.23 bits per heavy atom. The highest BCUT2D eigenvalue weighted by molar-refractivity contribution is 8.00. The highest BCUT2D eigenvalue weighted by Crippen LogP contribution is 2.49. The van der Waals surface area contributed by atoms with E-state index in [2.05, 4.69) is 10.6 Å². The van der Waals surface area contributed by atoms with Gasteiger partial charge in [0.15, 0.2) is 6.61 Å². The molecule has 6 amide bonds. The molecule has 6 rings (SSSR count). The molecule has 1 fully saturated rings. The number of piperidine rings is 1. The van der Waals surface area contributed by atoms with Crippen LogP contribution in [0.15, 0.2) is 140 Å². The maximum absolute atomic E-state index is 14.8. The van der Waals surface area contributed by atoms with Gasteiger partial charge in [0.1, 0.15) is 35.2 Å². The standard InChI is InChI=1S/C62H73N5O13S/c1-40(2)36-50(64-54(69)38-76-53-27-19-18-20-41(53)3)56(71)65-51(37-44-28-30-49(31-29-44)79-59(74)66-34-32-45(33-35-66)55(63)70)57(72)77-43(5)78-58(73)52(67(42(4)68)60(75)80-61(6,7)8)39-81-62(46-21-12-9-13-22-46,47-23-14-10-15-24-47)48-25-16-11-17-26-48/h9-31,40,43,45,50-52H,32-39H2,1-8H3,(H2,63,70)(H,64,69)(H,65,71)/t43?,50-,51-,52-/m0/s1. The fraction of sp³-hybridized carbons (Fsp3) is 0.387. The Hall–Kier alpha value is -8.19. The van der Waals surface area contributed by atoms with Crippen molar-refractivity contribution in [3.05, 3.63) is 167 Å². The number of nitrogens with zero attached hydrogens (tertiary/aromatic N) is 2. The molecule has 1 aliphatic rings. The van der Waals surface area contributed by atoms with Crippen molar-refractivity contribution in [1.29, 1.82) is 0 Å². The van der Waals surface area contributed by atoms with Gasteiger partial charge < -0.3 is 45.0 Å². The molecule has 81 heavy (non-hydrogen) atoms. The quantitative estimate of drug-likeness (QED) is 0.0315. The maximum atomic E-state index is 14.8. The van der Waals surface area contributed by atoms with Gasteiger partial charge in [-0.3, -0.25) is 19.2 Å². The van der Waals surface area contributed by atoms with Crippen LogP contribution in [0.1, 0.15) is 95.5 Å². The molecule has 18 nitrogen and oxygen atoms in total. The number of hydrogen-bond acceptors (Lipinski definition) is 14. The van der Waals surface area contributed by atoms with Crippen LogP contribution in [0.3, 0.4) is 0 Å². The van der Waals surface area contributed by atoms with Crippen LogP contribution in [-0.4, -0.2) is 113 Å². The summed E-state index contributed by atoms with van der Waals surface area (Å²) in [5, 5.41) is 5.48. The summed E-state index contributed by atoms with van der Waals surface area (Å²) in [5.74, 6) is -4.71. The molecule has 4 atom stereocenters. The van der Waals surface area contributed by atoms with Crippen molar-refractivity contribution in [2.45, 2.75) is 116 Å². The number of thioether (sulfide) groups is 1. The van der Waals surface area contributed by atoms with Gasteiger partial charge in [0, 0.05) is 45.0 Å². The van der Waals surface area contributed by atoms with Gasteiger partial charge in [-0.15, -0.1) is 11.8 Å². The number of aryl methyl sites for hydroxylation is 1. The molecule has 1 heterocycles. The number of hydrogen-bond donors (Lipinski definition) is 3. The van der Waals surface area contributed by atoms with E-state index in [1.54, 1.807) is 45.0 Å². The van der Waals surface area contributed by atoms with E-state index in [4.69, 9.17) is 29.4 Å². The summed E-state index contributed by atoms with van der Waals surface area (Å²) in [6.45, 7) is 13.0. The molecule has 5 aromatic carbocycles. The summed E-state index contributed by atoms with van der Waals surface area (Å²) < 4.78 is 27.7. The number of rotatable bonds is 23. The first-order chi connectivity index (χ1) is 38.5. The minimum Gasteiger partial charge on any atom is -0.484 e. The van der Waals surface area contributed by atoms with E-state index >= 15 is 0 Å². The maximum Gasteiger partial charge on any atom is 0.417 e. The SMILES string of the molecule is CC(=O)N(C(=O)OC(C)(C)C)[C@@H](CSC(c1ccccc1)(c1ccccc1)c1ccccc1)C(=O)OC(C)OC(=O)[C@H](Cc1ccc(OC(=O)N2CCC(C(N)=O)CC2)cc1)NC(=O)[C@H](CC(C)C)NC(=O)COc1ccccc1C. The number of carbonyl (C=O) groups excluding carboxylic acids is 8. The van der Waals surface area contributed by atoms with Gasteiger partial charge in [-0.25, -0.2) is 24.1 Å². The first-order valence-corrected chi connectivity index (χ1v) is 27.9. The van der Waals surface area contributed by atoms with Crippen LogP contribution in [0.5, 0.6) is 11.5 Å². The third-order valence-electron chi connectivity index (χ3n) is 13.2. The summed E-state index contributed by atoms with van der Waals surface area (Å²) in [5.41, 5.74) is 8.17. The molecular formula is C62H73N5O13S. The summed E-state index contributed by atoms with van der Waals surface area (Å²) >= 11 is 1.28. The number of esters is 2. The normalized spacial score (nSPS) is 14.3. The highest BCUT2D eigenvalue weighted by Gasteiger charge is 2.44. The van der Waals surface area contributed by atoms with Crippen molar-refractivity contribution < 1.29 is 62.0 Å². The van der Waals surface area contributed by atoms with E-state index in [0.29, 0.717) is 29.1 Å². The van der Waals surface area contributed by atoms with Crippen LogP contribution in [-0.2, 0) is 54.1 Å². The molecule has 4 N–H and O–H groups in total. The van der Waals surface area contributed by atoms with Crippen molar-refractivity contribution in [2.75, 3.05) is 25.4 Å². The van der Waals surface area contributed by atoms with Gasteiger partial charge >= 0.3 is 24.1 Å². The summed E-state index contributed by atoms with van der Waals surface area (Å²) in [6, 6.07) is 37.9. The number of nitrogens with two attached hydrogens (primary N) is 1. The number of nitrogens with one attached hydrogen (secondary N) is 2. The Morgan fingerprint density at radius 1 is 0.704 bits per heavy atom. The van der Waals surface area contributed by atoms with E-state index in [1.807, 2.05) is 124 Å². The minimum absolute atomic E-state index is 0.104. The number of likely N-dealkylation sites (tertiary alicyclic amines) is 1. The largest absolute Gasteiger partial charge is 0.484 e. The molecule has 0 aliphatic carbocycles. The lowest BCUT2D eigenvalue weighted by atomic mass is 9.84. The summed E-state index contributed by atoms with van der Waals surface area (Å²) in [6.07, 6.45) is -2.61. The van der Waals surface area contributed by atoms with Gasteiger partial charge in [0.05, 0.1) is 4.75 Å². The van der Waals surface area contributed by atoms with E-state index in [0.717, 1.165) is 29.2 Å². The number of amides is 6. The molecule has 0 saturated carbocycles. The average molecular weight is 1130 g/mol. The van der Waals surface area contributed by atoms with Crippen molar-refractivity contribution >= 4 is 59.5 Å². The Morgan fingerprint density at radius 3 is 1.74 bits per heavy atom. The van der Waals surface area contributed by atoms with Crippen molar-refractivity contribution in [3.63, 3.8) is 0 Å². The molecular weight excluding hydrogens is 1050 g/mol. The molecule has 1 saturated heterocycles. The van der Waals surface area contributed by atoms with Crippen molar-refractivity contribution in [2.24, 2.45) is 17.6 Å². The zero-order valence-corrected chi connectivity index (χ0v) is 47.9. The monoisotopic (exact) mass is 1130 g/mol. The lowest BCUT2D eigenvalue weighted by molar-refractivity contribution is -0.189. The fourth-order valence-electron chi connectivity index (χ4n) is 9.23. The van der Waals surface area contributed by atoms with Crippen LogP contribution in [0.2, 0.25) is 0 Å². The van der Waals surface area contributed by atoms with Crippen LogP contribution < -0.4 is 25.8 Å². The van der Waals surface area contributed by atoms with E-state index in [9.17, 15) is 38.4 Å². The highest BCUT2D eigenvalue weighted by atomic mass is 32.2. The first-order valence-electron chi connectivity index (χ1n) is 26.9. The predicted octanol–water partition coefficient (Wildman–Crippen LogP) is 8.64. The second-order valence-electron chi connectivity index (χ2n) is 21.2. The van der Waals surface area contributed by atoms with Gasteiger partial charge in [-0.2, -0.15) is 0 Å². The third-order valence-corrected chi connectivity index (χ3v) is 14.8. The Balaban J connectivity index is 1.27. The van der Waals surface area contributed by atoms with Gasteiger partial charge in [0.25, 0.3) is 5.91 Å². The third kappa shape index (κ3) is 17.7. The molecule has 0 radical (unpaired) electrons. The molecule has 0 bridgehead atoms. The second-order valence-corrected chi connectivity index (χ2v) is 22.4. The number of para-hydroxylation sites is 1. The lowest BCUT2D eigenvalue weighted by Gasteiger charge is -2.37. The molecule has 0 spiro atoms. The van der Waals surface area contributed by atoms with Crippen molar-refractivity contribution in [1.82, 2.24) is 20.4 Å². The minimum atomic E-state index is -1.67. The number of ether oxygens (including phenoxy) is 5. The van der Waals surface area contributed by atoms with Crippen LogP contribution in [0, 0.1) is 18.8 Å². The Labute approximate surface area is 477 Å². The molecule has 0 aromatic heterocycles. The lowest BCUT2D eigenvalue weighted by Crippen LogP contribution is -2.54. The zero-order chi connectivity index (χ0) is 58.9. The number of carbonyl (C=O) groups is 8. The average Bonchev–Trinajstić information content (AvgIpc) is 3.43. The Kier molecular flexibility index (Phi) is 22.1. The predicted molar refractivity (Wildman–Crippen MR) is 306 cm³/mol. The molecule has 430 valence electrons. The van der Waals surface area contributed by atoms with E-state index in [-0.39, 0.29) is 49.3 Å². The second kappa shape index (κ2) is 28.8. The van der Waals surface area contributed by atoms with Crippen molar-refractivity contribution in [3.8, 4) is 11.5 Å². The number of imide groups is 1. The van der Waals surface area contributed by atoms with Crippen LogP contribution in [0.4, 0.5) is 9.59 Å². The fourth-order valence-corrected chi connectivity index (χ4v) is 10.8. The van der Waals surface area contributed by atoms with Gasteiger partial charge in [-0.1, -0.05) is 135 Å². The summed E-state index contributed by atoms with van der Waals surface area (Å²) in [4.78, 5) is 112. The van der Waals surface area contributed by atoms with E-state index in [1.165, 1.54) is 35.7 Å². The summed E-state index contributed by atoms with van der Waals surface area (Å²) in [7, 11) is 0. The Bertz CT molecular complexity index is 2850. The number of benzene rings is 5. The molecule has 1 unspecified atom stereocenters. The smallest absolute Gasteiger partial charge is 0.417 e. The van der Waals surface area contributed by atoms with E-state index < -0.39 is 89.1 Å².